The first kappa shape index (κ1) is 13.8. The van der Waals surface area contributed by atoms with Crippen LogP contribution in [0.15, 0.2) is 6.20 Å². The van der Waals surface area contributed by atoms with Crippen LogP contribution < -0.4 is 0 Å². The molecule has 2 nitrogen and oxygen atoms in total. The molecule has 1 aliphatic carbocycles. The van der Waals surface area contributed by atoms with Gasteiger partial charge in [-0.1, -0.05) is 19.8 Å². The van der Waals surface area contributed by atoms with Crippen molar-refractivity contribution in [1.29, 1.82) is 0 Å². The van der Waals surface area contributed by atoms with E-state index in [2.05, 4.69) is 4.98 Å². The Hall–Kier alpha value is -0.620. The first-order valence-electron chi connectivity index (χ1n) is 6.11. The van der Waals surface area contributed by atoms with E-state index in [1.54, 1.807) is 0 Å². The first-order valence-corrected chi connectivity index (χ1v) is 6.92. The summed E-state index contributed by atoms with van der Waals surface area (Å²) in [5.74, 6) is 0.389. The van der Waals surface area contributed by atoms with E-state index in [1.807, 2.05) is 6.92 Å². The standard InChI is InChI=1S/C12H16F3NOS/c1-2-8-4-3-5-11(17,6-8)9-7-16-10(18-9)12(13,14)15/h7-8,17H,2-6H2,1H3. The van der Waals surface area contributed by atoms with Gasteiger partial charge in [-0.3, -0.25) is 0 Å². The maximum Gasteiger partial charge on any atom is 0.443 e. The Kier molecular flexibility index (Phi) is 3.69. The largest absolute Gasteiger partial charge is 0.443 e. The van der Waals surface area contributed by atoms with Gasteiger partial charge in [0.1, 0.15) is 5.60 Å². The van der Waals surface area contributed by atoms with Crippen LogP contribution in [0.4, 0.5) is 13.2 Å². The van der Waals surface area contributed by atoms with Crippen LogP contribution in [0.2, 0.25) is 0 Å². The lowest BCUT2D eigenvalue weighted by Crippen LogP contribution is -2.31. The van der Waals surface area contributed by atoms with Gasteiger partial charge >= 0.3 is 6.18 Å². The van der Waals surface area contributed by atoms with Gasteiger partial charge in [-0.2, -0.15) is 13.2 Å². The number of halogens is 3. The van der Waals surface area contributed by atoms with Crippen molar-refractivity contribution in [3.63, 3.8) is 0 Å². The minimum absolute atomic E-state index is 0.355. The van der Waals surface area contributed by atoms with Gasteiger partial charge in [0.05, 0.1) is 4.88 Å². The molecule has 1 aromatic heterocycles. The topological polar surface area (TPSA) is 33.1 Å². The van der Waals surface area contributed by atoms with E-state index in [4.69, 9.17) is 0 Å². The minimum atomic E-state index is -4.42. The van der Waals surface area contributed by atoms with Gasteiger partial charge in [-0.05, 0) is 25.2 Å². The van der Waals surface area contributed by atoms with Crippen LogP contribution in [0.3, 0.4) is 0 Å². The molecule has 0 aliphatic heterocycles. The molecular weight excluding hydrogens is 263 g/mol. The third-order valence-corrected chi connectivity index (χ3v) is 4.85. The van der Waals surface area contributed by atoms with Crippen LogP contribution >= 0.6 is 11.3 Å². The molecule has 0 bridgehead atoms. The number of aromatic nitrogens is 1. The minimum Gasteiger partial charge on any atom is -0.384 e. The number of aliphatic hydroxyl groups is 1. The average molecular weight is 279 g/mol. The molecule has 2 unspecified atom stereocenters. The summed E-state index contributed by atoms with van der Waals surface area (Å²) >= 11 is 0.572. The predicted molar refractivity (Wildman–Crippen MR) is 63.3 cm³/mol. The second kappa shape index (κ2) is 4.81. The van der Waals surface area contributed by atoms with Crippen LogP contribution in [0.5, 0.6) is 0 Å². The fraction of sp³-hybridized carbons (Fsp3) is 0.750. The second-order valence-electron chi connectivity index (χ2n) is 4.93. The van der Waals surface area contributed by atoms with Crippen molar-refractivity contribution in [2.24, 2.45) is 5.92 Å². The number of hydrogen-bond donors (Lipinski definition) is 1. The molecule has 1 N–H and O–H groups in total. The molecule has 1 saturated carbocycles. The van der Waals surface area contributed by atoms with Crippen molar-refractivity contribution in [1.82, 2.24) is 4.98 Å². The quantitative estimate of drug-likeness (QED) is 0.889. The molecule has 6 heteroatoms. The Bertz CT molecular complexity index is 418. The molecular formula is C12H16F3NOS. The van der Waals surface area contributed by atoms with Gasteiger partial charge in [-0.15, -0.1) is 11.3 Å². The molecule has 2 atom stereocenters. The highest BCUT2D eigenvalue weighted by Crippen LogP contribution is 2.44. The second-order valence-corrected chi connectivity index (χ2v) is 5.96. The summed E-state index contributed by atoms with van der Waals surface area (Å²) in [6, 6.07) is 0. The summed E-state index contributed by atoms with van der Waals surface area (Å²) in [5.41, 5.74) is -1.11. The van der Waals surface area contributed by atoms with Crippen LogP contribution in [-0.4, -0.2) is 10.1 Å². The van der Waals surface area contributed by atoms with Crippen LogP contribution in [0, 0.1) is 5.92 Å². The van der Waals surface area contributed by atoms with Gasteiger partial charge in [0.2, 0.25) is 0 Å². The SMILES string of the molecule is CCC1CCCC(O)(c2cnc(C(F)(F)F)s2)C1. The molecule has 18 heavy (non-hydrogen) atoms. The van der Waals surface area contributed by atoms with Crippen molar-refractivity contribution in [2.75, 3.05) is 0 Å². The zero-order valence-corrected chi connectivity index (χ0v) is 10.9. The third kappa shape index (κ3) is 2.69. The Balaban J connectivity index is 2.22. The lowest BCUT2D eigenvalue weighted by Gasteiger charge is -2.35. The van der Waals surface area contributed by atoms with E-state index < -0.39 is 16.8 Å². The molecule has 1 aliphatic rings. The van der Waals surface area contributed by atoms with Crippen LogP contribution in [0.25, 0.3) is 0 Å². The molecule has 0 amide bonds. The third-order valence-electron chi connectivity index (χ3n) is 3.61. The smallest absolute Gasteiger partial charge is 0.384 e. The molecule has 0 saturated heterocycles. The Labute approximate surface area is 108 Å². The zero-order valence-electron chi connectivity index (χ0n) is 10.1. The van der Waals surface area contributed by atoms with Crippen molar-refractivity contribution in [3.05, 3.63) is 16.1 Å². The van der Waals surface area contributed by atoms with Gasteiger partial charge in [0.15, 0.2) is 5.01 Å². The number of hydrogen-bond acceptors (Lipinski definition) is 3. The van der Waals surface area contributed by atoms with E-state index in [0.717, 1.165) is 19.3 Å². The van der Waals surface area contributed by atoms with E-state index in [0.29, 0.717) is 35.0 Å². The number of rotatable bonds is 2. The maximum absolute atomic E-state index is 12.5. The molecule has 0 radical (unpaired) electrons. The highest BCUT2D eigenvalue weighted by Gasteiger charge is 2.40. The van der Waals surface area contributed by atoms with Gasteiger partial charge in [0, 0.05) is 6.20 Å². The maximum atomic E-state index is 12.5. The molecule has 2 rings (SSSR count). The Morgan fingerprint density at radius 3 is 2.83 bits per heavy atom. The molecule has 0 spiro atoms. The summed E-state index contributed by atoms with van der Waals surface area (Å²) in [5, 5.41) is 9.66. The number of alkyl halides is 3. The molecule has 1 fully saturated rings. The Morgan fingerprint density at radius 2 is 2.28 bits per heavy atom. The van der Waals surface area contributed by atoms with Crippen molar-refractivity contribution in [2.45, 2.75) is 50.8 Å². The fourth-order valence-corrected chi connectivity index (χ4v) is 3.47. The van der Waals surface area contributed by atoms with Crippen LogP contribution in [-0.2, 0) is 11.8 Å². The zero-order chi connectivity index (χ0) is 13.4. The van der Waals surface area contributed by atoms with E-state index in [9.17, 15) is 18.3 Å². The summed E-state index contributed by atoms with van der Waals surface area (Å²) in [4.78, 5) is 3.75. The normalized spacial score (nSPS) is 29.5. The highest BCUT2D eigenvalue weighted by molar-refractivity contribution is 7.11. The number of nitrogens with zero attached hydrogens (tertiary/aromatic N) is 1. The lowest BCUT2D eigenvalue weighted by molar-refractivity contribution is -0.137. The lowest BCUT2D eigenvalue weighted by atomic mass is 9.76. The summed E-state index contributed by atoms with van der Waals surface area (Å²) in [7, 11) is 0. The molecule has 102 valence electrons. The predicted octanol–water partition coefficient (Wildman–Crippen LogP) is 3.95. The monoisotopic (exact) mass is 279 g/mol. The van der Waals surface area contributed by atoms with E-state index >= 15 is 0 Å². The van der Waals surface area contributed by atoms with E-state index in [-0.39, 0.29) is 0 Å². The Morgan fingerprint density at radius 1 is 1.56 bits per heavy atom. The molecule has 1 aromatic rings. The summed E-state index contributed by atoms with van der Waals surface area (Å²) < 4.78 is 37.5. The van der Waals surface area contributed by atoms with Gasteiger partial charge in [0.25, 0.3) is 0 Å². The van der Waals surface area contributed by atoms with Gasteiger partial charge < -0.3 is 5.11 Å². The molecule has 1 heterocycles. The van der Waals surface area contributed by atoms with E-state index in [1.165, 1.54) is 6.20 Å². The first-order chi connectivity index (χ1) is 8.35. The van der Waals surface area contributed by atoms with Crippen molar-refractivity contribution in [3.8, 4) is 0 Å². The van der Waals surface area contributed by atoms with Crippen LogP contribution in [0.1, 0.15) is 48.9 Å². The summed E-state index contributed by atoms with van der Waals surface area (Å²) in [6.07, 6.45) is 0.695. The average Bonchev–Trinajstić information content (AvgIpc) is 2.78. The fourth-order valence-electron chi connectivity index (χ4n) is 2.56. The van der Waals surface area contributed by atoms with Gasteiger partial charge in [-0.25, -0.2) is 4.98 Å². The van der Waals surface area contributed by atoms with Crippen molar-refractivity contribution >= 4 is 11.3 Å². The van der Waals surface area contributed by atoms with Crippen molar-refractivity contribution < 1.29 is 18.3 Å². The summed E-state index contributed by atoms with van der Waals surface area (Å²) in [6.45, 7) is 2.05. The number of thiazole rings is 1. The molecule has 0 aromatic carbocycles. The highest BCUT2D eigenvalue weighted by atomic mass is 32.1.